The van der Waals surface area contributed by atoms with E-state index in [0.717, 1.165) is 58.1 Å². The van der Waals surface area contributed by atoms with Crippen LogP contribution in [0.25, 0.3) is 0 Å². The van der Waals surface area contributed by atoms with Crippen LogP contribution in [0.2, 0.25) is 0 Å². The molecule has 1 rings (SSSR count). The van der Waals surface area contributed by atoms with Gasteiger partial charge in [0.1, 0.15) is 0 Å². The first-order chi connectivity index (χ1) is 10.1. The average molecular weight is 295 g/mol. The SMILES string of the molecule is C=CCCCN(C)C(=NCC1CN(C)CCN1C)NCC. The summed E-state index contributed by atoms with van der Waals surface area (Å²) in [5.41, 5.74) is 0. The Morgan fingerprint density at radius 1 is 1.43 bits per heavy atom. The Morgan fingerprint density at radius 3 is 2.86 bits per heavy atom. The number of hydrogen-bond acceptors (Lipinski definition) is 3. The van der Waals surface area contributed by atoms with Crippen molar-refractivity contribution in [3.05, 3.63) is 12.7 Å². The summed E-state index contributed by atoms with van der Waals surface area (Å²) in [4.78, 5) is 11.9. The number of piperazine rings is 1. The summed E-state index contributed by atoms with van der Waals surface area (Å²) >= 11 is 0. The molecule has 0 aliphatic carbocycles. The maximum absolute atomic E-state index is 4.84. The fourth-order valence-electron chi connectivity index (χ4n) is 2.54. The van der Waals surface area contributed by atoms with Gasteiger partial charge in [-0.3, -0.25) is 9.89 Å². The second-order valence-electron chi connectivity index (χ2n) is 5.94. The Kier molecular flexibility index (Phi) is 8.38. The van der Waals surface area contributed by atoms with Crippen LogP contribution >= 0.6 is 0 Å². The molecule has 5 heteroatoms. The minimum absolute atomic E-state index is 0.513. The van der Waals surface area contributed by atoms with Crippen LogP contribution < -0.4 is 5.32 Å². The van der Waals surface area contributed by atoms with E-state index in [0.29, 0.717) is 6.04 Å². The lowest BCUT2D eigenvalue weighted by atomic mass is 10.2. The van der Waals surface area contributed by atoms with E-state index in [-0.39, 0.29) is 0 Å². The number of nitrogens with one attached hydrogen (secondary N) is 1. The van der Waals surface area contributed by atoms with E-state index in [1.165, 1.54) is 0 Å². The first-order valence-electron chi connectivity index (χ1n) is 8.07. The number of likely N-dealkylation sites (N-methyl/N-ethyl adjacent to an activating group) is 2. The Hall–Kier alpha value is -1.07. The molecule has 122 valence electrons. The standard InChI is InChI=1S/C16H33N5/c1-6-8-9-10-21(5)16(17-7-2)18-13-15-14-19(3)11-12-20(15)4/h6,15H,1,7-14H2,2-5H3,(H,17,18). The van der Waals surface area contributed by atoms with Gasteiger partial charge in [0.25, 0.3) is 0 Å². The zero-order valence-corrected chi connectivity index (χ0v) is 14.3. The number of guanidine groups is 1. The molecule has 1 fully saturated rings. The van der Waals surface area contributed by atoms with E-state index in [1.807, 2.05) is 6.08 Å². The highest BCUT2D eigenvalue weighted by atomic mass is 15.3. The zero-order chi connectivity index (χ0) is 15.7. The van der Waals surface area contributed by atoms with E-state index >= 15 is 0 Å². The second kappa shape index (κ2) is 9.79. The third-order valence-electron chi connectivity index (χ3n) is 4.03. The van der Waals surface area contributed by atoms with Crippen LogP contribution in [-0.4, -0.2) is 87.1 Å². The number of aliphatic imine (C=N–C) groups is 1. The number of hydrogen-bond donors (Lipinski definition) is 1. The van der Waals surface area contributed by atoms with E-state index in [4.69, 9.17) is 4.99 Å². The molecule has 0 aromatic heterocycles. The predicted octanol–water partition coefficient (Wildman–Crippen LogP) is 1.10. The molecule has 0 bridgehead atoms. The molecular formula is C16H33N5. The smallest absolute Gasteiger partial charge is 0.193 e. The van der Waals surface area contributed by atoms with Crippen LogP contribution in [0.4, 0.5) is 0 Å². The molecule has 0 radical (unpaired) electrons. The van der Waals surface area contributed by atoms with Crippen molar-refractivity contribution in [1.29, 1.82) is 0 Å². The van der Waals surface area contributed by atoms with Gasteiger partial charge in [-0.2, -0.15) is 0 Å². The number of unbranched alkanes of at least 4 members (excludes halogenated alkanes) is 1. The zero-order valence-electron chi connectivity index (χ0n) is 14.3. The van der Waals surface area contributed by atoms with Crippen molar-refractivity contribution < 1.29 is 0 Å². The van der Waals surface area contributed by atoms with Gasteiger partial charge >= 0.3 is 0 Å². The quantitative estimate of drug-likeness (QED) is 0.330. The summed E-state index contributed by atoms with van der Waals surface area (Å²) < 4.78 is 0. The lowest BCUT2D eigenvalue weighted by Crippen LogP contribution is -2.51. The molecule has 5 nitrogen and oxygen atoms in total. The largest absolute Gasteiger partial charge is 0.357 e. The molecule has 1 aliphatic rings. The van der Waals surface area contributed by atoms with Crippen molar-refractivity contribution in [3.8, 4) is 0 Å². The van der Waals surface area contributed by atoms with Crippen LogP contribution in [0.5, 0.6) is 0 Å². The van der Waals surface area contributed by atoms with Crippen molar-refractivity contribution in [2.75, 3.05) is 60.4 Å². The van der Waals surface area contributed by atoms with Crippen LogP contribution in [0.1, 0.15) is 19.8 Å². The first-order valence-corrected chi connectivity index (χ1v) is 8.07. The molecule has 0 spiro atoms. The summed E-state index contributed by atoms with van der Waals surface area (Å²) in [5.74, 6) is 1.02. The fraction of sp³-hybridized carbons (Fsp3) is 0.812. The first kappa shape index (κ1) is 18.0. The molecule has 0 saturated carbocycles. The summed E-state index contributed by atoms with van der Waals surface area (Å²) in [7, 11) is 6.51. The van der Waals surface area contributed by atoms with Gasteiger partial charge in [0.05, 0.1) is 6.54 Å². The summed E-state index contributed by atoms with van der Waals surface area (Å²) in [6.45, 7) is 12.0. The normalized spacial score (nSPS) is 21.3. The van der Waals surface area contributed by atoms with E-state index in [1.54, 1.807) is 0 Å². The van der Waals surface area contributed by atoms with Crippen molar-refractivity contribution in [3.63, 3.8) is 0 Å². The molecular weight excluding hydrogens is 262 g/mol. The summed E-state index contributed by atoms with van der Waals surface area (Å²) in [6.07, 6.45) is 4.15. The third-order valence-corrected chi connectivity index (χ3v) is 4.03. The molecule has 1 N–H and O–H groups in total. The minimum atomic E-state index is 0.513. The Balaban J connectivity index is 2.55. The highest BCUT2D eigenvalue weighted by Gasteiger charge is 2.21. The lowest BCUT2D eigenvalue weighted by Gasteiger charge is -2.37. The van der Waals surface area contributed by atoms with E-state index < -0.39 is 0 Å². The van der Waals surface area contributed by atoms with Gasteiger partial charge in [0, 0.05) is 45.8 Å². The molecule has 21 heavy (non-hydrogen) atoms. The third kappa shape index (κ3) is 6.48. The van der Waals surface area contributed by atoms with Crippen LogP contribution in [0.15, 0.2) is 17.6 Å². The molecule has 1 atom stereocenters. The summed E-state index contributed by atoms with van der Waals surface area (Å²) in [5, 5.41) is 3.39. The Morgan fingerprint density at radius 2 is 2.19 bits per heavy atom. The number of allylic oxidation sites excluding steroid dienone is 1. The van der Waals surface area contributed by atoms with Crippen LogP contribution in [-0.2, 0) is 0 Å². The second-order valence-corrected chi connectivity index (χ2v) is 5.94. The van der Waals surface area contributed by atoms with E-state index in [9.17, 15) is 0 Å². The maximum Gasteiger partial charge on any atom is 0.193 e. The minimum Gasteiger partial charge on any atom is -0.357 e. The van der Waals surface area contributed by atoms with E-state index in [2.05, 4.69) is 54.7 Å². The predicted molar refractivity (Wildman–Crippen MR) is 92.0 cm³/mol. The van der Waals surface area contributed by atoms with Crippen molar-refractivity contribution in [2.24, 2.45) is 4.99 Å². The van der Waals surface area contributed by atoms with Crippen LogP contribution in [0.3, 0.4) is 0 Å². The highest BCUT2D eigenvalue weighted by Crippen LogP contribution is 2.06. The van der Waals surface area contributed by atoms with Gasteiger partial charge in [-0.05, 0) is 33.9 Å². The molecule has 0 aromatic carbocycles. The molecule has 0 amide bonds. The lowest BCUT2D eigenvalue weighted by molar-refractivity contribution is 0.119. The number of rotatable bonds is 7. The van der Waals surface area contributed by atoms with Gasteiger partial charge in [0.15, 0.2) is 5.96 Å². The van der Waals surface area contributed by atoms with Gasteiger partial charge in [-0.25, -0.2) is 0 Å². The van der Waals surface area contributed by atoms with Gasteiger partial charge in [-0.1, -0.05) is 6.08 Å². The Labute approximate surface area is 130 Å². The molecule has 0 aromatic rings. The van der Waals surface area contributed by atoms with Crippen molar-refractivity contribution in [2.45, 2.75) is 25.8 Å². The summed E-state index contributed by atoms with van der Waals surface area (Å²) in [6, 6.07) is 0.513. The number of nitrogens with zero attached hydrogens (tertiary/aromatic N) is 4. The monoisotopic (exact) mass is 295 g/mol. The fourth-order valence-corrected chi connectivity index (χ4v) is 2.54. The molecule has 1 unspecified atom stereocenters. The Bertz CT molecular complexity index is 329. The molecule has 1 saturated heterocycles. The molecule has 1 aliphatic heterocycles. The van der Waals surface area contributed by atoms with Gasteiger partial charge < -0.3 is 15.1 Å². The average Bonchev–Trinajstić information content (AvgIpc) is 2.46. The topological polar surface area (TPSA) is 34.1 Å². The maximum atomic E-state index is 4.84. The van der Waals surface area contributed by atoms with Crippen LogP contribution in [0, 0.1) is 0 Å². The molecule has 1 heterocycles. The van der Waals surface area contributed by atoms with Crippen molar-refractivity contribution >= 4 is 5.96 Å². The highest BCUT2D eigenvalue weighted by molar-refractivity contribution is 5.79. The van der Waals surface area contributed by atoms with Crippen molar-refractivity contribution in [1.82, 2.24) is 20.0 Å². The van der Waals surface area contributed by atoms with Gasteiger partial charge in [0.2, 0.25) is 0 Å². The van der Waals surface area contributed by atoms with Gasteiger partial charge in [-0.15, -0.1) is 6.58 Å².